The first-order chi connectivity index (χ1) is 8.56. The molecule has 0 aromatic heterocycles. The minimum Gasteiger partial charge on any atom is -0.487 e. The second kappa shape index (κ2) is 6.73. The highest BCUT2D eigenvalue weighted by molar-refractivity contribution is 5.68. The normalized spacial score (nSPS) is 10.4. The maximum atomic E-state index is 12.1. The van der Waals surface area contributed by atoms with Crippen molar-refractivity contribution in [1.29, 1.82) is 0 Å². The van der Waals surface area contributed by atoms with Crippen molar-refractivity contribution in [3.05, 3.63) is 28.3 Å². The molecule has 0 atom stereocenters. The van der Waals surface area contributed by atoms with E-state index in [1.165, 1.54) is 18.2 Å². The molecule has 5 nitrogen and oxygen atoms in total. The molecule has 0 radical (unpaired) electrons. The van der Waals surface area contributed by atoms with E-state index in [0.717, 1.165) is 0 Å². The molecule has 0 aliphatic heterocycles. The van der Waals surface area contributed by atoms with E-state index < -0.39 is 17.9 Å². The van der Waals surface area contributed by atoms with E-state index in [2.05, 4.69) is 5.32 Å². The molecule has 0 unspecified atom stereocenters. The number of nitro groups is 1. The fraction of sp³-hybridized carbons (Fsp3) is 0.455. The summed E-state index contributed by atoms with van der Waals surface area (Å²) >= 11 is 0. The van der Waals surface area contributed by atoms with E-state index in [0.29, 0.717) is 13.0 Å². The maximum absolute atomic E-state index is 12.1. The summed E-state index contributed by atoms with van der Waals surface area (Å²) in [6, 6.07) is 4.34. The lowest BCUT2D eigenvalue weighted by Gasteiger charge is -2.10. The minimum atomic E-state index is -2.58. The summed E-state index contributed by atoms with van der Waals surface area (Å²) < 4.78 is 29.4. The van der Waals surface area contributed by atoms with Crippen molar-refractivity contribution in [2.75, 3.05) is 18.5 Å². The molecule has 0 fully saturated rings. The van der Waals surface area contributed by atoms with E-state index in [4.69, 9.17) is 4.74 Å². The highest BCUT2D eigenvalue weighted by Gasteiger charge is 2.21. The number of halogens is 2. The van der Waals surface area contributed by atoms with Crippen molar-refractivity contribution in [3.63, 3.8) is 0 Å². The standard InChI is InChI=1S/C11H14F2N2O3/c1-2-6-18-9-5-3-4-8(11(9)15(16)17)14-7-10(12)13/h3-5,10,14H,2,6-7H2,1H3. The van der Waals surface area contributed by atoms with Crippen molar-refractivity contribution < 1.29 is 18.4 Å². The number of anilines is 1. The molecule has 7 heteroatoms. The number of nitrogens with zero attached hydrogens (tertiary/aromatic N) is 1. The van der Waals surface area contributed by atoms with Gasteiger partial charge in [0.25, 0.3) is 6.43 Å². The number of rotatable bonds is 7. The molecule has 0 heterocycles. The van der Waals surface area contributed by atoms with Gasteiger partial charge < -0.3 is 10.1 Å². The Labute approximate surface area is 103 Å². The molecule has 1 rings (SSSR count). The van der Waals surface area contributed by atoms with Gasteiger partial charge in [0.15, 0.2) is 5.75 Å². The molecule has 0 aliphatic rings. The Morgan fingerprint density at radius 3 is 2.78 bits per heavy atom. The molecule has 0 amide bonds. The Morgan fingerprint density at radius 1 is 1.50 bits per heavy atom. The Hall–Kier alpha value is -1.92. The van der Waals surface area contributed by atoms with Crippen LogP contribution in [0.3, 0.4) is 0 Å². The lowest BCUT2D eigenvalue weighted by atomic mass is 10.2. The number of benzene rings is 1. The van der Waals surface area contributed by atoms with Crippen LogP contribution in [-0.4, -0.2) is 24.5 Å². The van der Waals surface area contributed by atoms with Crippen LogP contribution < -0.4 is 10.1 Å². The van der Waals surface area contributed by atoms with Gasteiger partial charge in [-0.2, -0.15) is 0 Å². The summed E-state index contributed by atoms with van der Waals surface area (Å²) in [6.45, 7) is 1.56. The fourth-order valence-electron chi connectivity index (χ4n) is 1.37. The molecular formula is C11H14F2N2O3. The largest absolute Gasteiger partial charge is 0.487 e. The Bertz CT molecular complexity index is 413. The smallest absolute Gasteiger partial charge is 0.333 e. The second-order valence-corrected chi connectivity index (χ2v) is 3.53. The monoisotopic (exact) mass is 260 g/mol. The Kier molecular flexibility index (Phi) is 5.29. The zero-order chi connectivity index (χ0) is 13.5. The lowest BCUT2D eigenvalue weighted by molar-refractivity contribution is -0.385. The predicted molar refractivity (Wildman–Crippen MR) is 63.4 cm³/mol. The number of hydrogen-bond acceptors (Lipinski definition) is 4. The van der Waals surface area contributed by atoms with E-state index in [-0.39, 0.29) is 17.1 Å². The van der Waals surface area contributed by atoms with Gasteiger partial charge in [-0.3, -0.25) is 10.1 Å². The topological polar surface area (TPSA) is 64.4 Å². The molecule has 0 spiro atoms. The molecule has 0 saturated heterocycles. The van der Waals surface area contributed by atoms with E-state index in [9.17, 15) is 18.9 Å². The second-order valence-electron chi connectivity index (χ2n) is 3.53. The number of hydrogen-bond donors (Lipinski definition) is 1. The Morgan fingerprint density at radius 2 is 2.22 bits per heavy atom. The first-order valence-corrected chi connectivity index (χ1v) is 5.48. The number of ether oxygens (including phenoxy) is 1. The fourth-order valence-corrected chi connectivity index (χ4v) is 1.37. The molecule has 0 saturated carbocycles. The third kappa shape index (κ3) is 3.83. The van der Waals surface area contributed by atoms with Gasteiger partial charge in [0.05, 0.1) is 18.1 Å². The molecule has 1 N–H and O–H groups in total. The van der Waals surface area contributed by atoms with Crippen molar-refractivity contribution >= 4 is 11.4 Å². The van der Waals surface area contributed by atoms with Crippen molar-refractivity contribution in [2.24, 2.45) is 0 Å². The van der Waals surface area contributed by atoms with Crippen LogP contribution >= 0.6 is 0 Å². The van der Waals surface area contributed by atoms with Crippen LogP contribution in [0.1, 0.15) is 13.3 Å². The molecule has 100 valence electrons. The number of nitro benzene ring substituents is 1. The minimum absolute atomic E-state index is 0.0360. The maximum Gasteiger partial charge on any atom is 0.333 e. The van der Waals surface area contributed by atoms with Gasteiger partial charge in [-0.05, 0) is 18.6 Å². The van der Waals surface area contributed by atoms with Gasteiger partial charge >= 0.3 is 5.69 Å². The average Bonchev–Trinajstić information content (AvgIpc) is 2.33. The van der Waals surface area contributed by atoms with Crippen molar-refractivity contribution in [1.82, 2.24) is 0 Å². The molecule has 18 heavy (non-hydrogen) atoms. The number of nitrogens with one attached hydrogen (secondary N) is 1. The third-order valence-corrected chi connectivity index (χ3v) is 2.09. The van der Waals surface area contributed by atoms with Gasteiger partial charge in [0, 0.05) is 0 Å². The van der Waals surface area contributed by atoms with Gasteiger partial charge in [0.1, 0.15) is 5.69 Å². The van der Waals surface area contributed by atoms with Crippen LogP contribution in [0.25, 0.3) is 0 Å². The first kappa shape index (κ1) is 14.1. The summed E-state index contributed by atoms with van der Waals surface area (Å²) in [5, 5.41) is 13.3. The van der Waals surface area contributed by atoms with Gasteiger partial charge in [-0.15, -0.1) is 0 Å². The lowest BCUT2D eigenvalue weighted by Crippen LogP contribution is -2.12. The van der Waals surface area contributed by atoms with Crippen LogP contribution in [-0.2, 0) is 0 Å². The first-order valence-electron chi connectivity index (χ1n) is 5.48. The molecule has 1 aromatic carbocycles. The number of alkyl halides is 2. The highest BCUT2D eigenvalue weighted by Crippen LogP contribution is 2.34. The number of para-hydroxylation sites is 1. The molecular weight excluding hydrogens is 246 g/mol. The summed E-state index contributed by atoms with van der Waals surface area (Å²) in [5.41, 5.74) is -0.277. The summed E-state index contributed by atoms with van der Waals surface area (Å²) in [7, 11) is 0. The summed E-state index contributed by atoms with van der Waals surface area (Å²) in [6.07, 6.45) is -1.88. The van der Waals surface area contributed by atoms with Gasteiger partial charge in [-0.1, -0.05) is 13.0 Å². The van der Waals surface area contributed by atoms with E-state index >= 15 is 0 Å². The Balaban J connectivity index is 2.97. The zero-order valence-electron chi connectivity index (χ0n) is 9.86. The molecule has 1 aromatic rings. The van der Waals surface area contributed by atoms with Crippen LogP contribution in [0, 0.1) is 10.1 Å². The van der Waals surface area contributed by atoms with Crippen molar-refractivity contribution in [2.45, 2.75) is 19.8 Å². The van der Waals surface area contributed by atoms with Crippen LogP contribution in [0.4, 0.5) is 20.2 Å². The zero-order valence-corrected chi connectivity index (χ0v) is 9.86. The van der Waals surface area contributed by atoms with Gasteiger partial charge in [0.2, 0.25) is 0 Å². The van der Waals surface area contributed by atoms with Gasteiger partial charge in [-0.25, -0.2) is 8.78 Å². The van der Waals surface area contributed by atoms with Crippen molar-refractivity contribution in [3.8, 4) is 5.75 Å². The molecule has 0 aliphatic carbocycles. The summed E-state index contributed by atoms with van der Waals surface area (Å²) in [5.74, 6) is 0.0844. The molecule has 0 bridgehead atoms. The predicted octanol–water partition coefficient (Wildman–Crippen LogP) is 3.06. The summed E-state index contributed by atoms with van der Waals surface area (Å²) in [4.78, 5) is 10.3. The van der Waals surface area contributed by atoms with Crippen LogP contribution in [0.5, 0.6) is 5.75 Å². The SMILES string of the molecule is CCCOc1cccc(NCC(F)F)c1[N+](=O)[O-]. The quantitative estimate of drug-likeness (QED) is 0.604. The van der Waals surface area contributed by atoms with Crippen LogP contribution in [0.15, 0.2) is 18.2 Å². The average molecular weight is 260 g/mol. The third-order valence-electron chi connectivity index (χ3n) is 2.09. The van der Waals surface area contributed by atoms with E-state index in [1.807, 2.05) is 6.92 Å². The highest BCUT2D eigenvalue weighted by atomic mass is 19.3. The van der Waals surface area contributed by atoms with Crippen LogP contribution in [0.2, 0.25) is 0 Å². The van der Waals surface area contributed by atoms with E-state index in [1.54, 1.807) is 0 Å².